The number of aromatic nitrogens is 3. The Kier molecular flexibility index (Phi) is 7.78. The maximum atomic E-state index is 13.5. The van der Waals surface area contributed by atoms with Crippen molar-refractivity contribution in [3.8, 4) is 5.75 Å². The molecule has 1 N–H and O–H groups in total. The summed E-state index contributed by atoms with van der Waals surface area (Å²) in [6.45, 7) is -0.0253. The van der Waals surface area contributed by atoms with Gasteiger partial charge in [-0.05, 0) is 46.0 Å². The predicted molar refractivity (Wildman–Crippen MR) is 154 cm³/mol. The molecular weight excluding hydrogens is 558 g/mol. The molecule has 42 heavy (non-hydrogen) atoms. The lowest BCUT2D eigenvalue weighted by Gasteiger charge is -2.51. The topological polar surface area (TPSA) is 125 Å². The third kappa shape index (κ3) is 5.53. The van der Waals surface area contributed by atoms with Crippen molar-refractivity contribution in [2.45, 2.75) is 30.5 Å². The van der Waals surface area contributed by atoms with Crippen molar-refractivity contribution < 1.29 is 28.7 Å². The Labute approximate surface area is 245 Å². The van der Waals surface area contributed by atoms with E-state index in [0.29, 0.717) is 22.4 Å². The quantitative estimate of drug-likeness (QED) is 0.221. The number of β-lactam (4-membered cyclic amide) rings is 1. The normalized spacial score (nSPS) is 19.4. The van der Waals surface area contributed by atoms with Gasteiger partial charge in [-0.3, -0.25) is 9.59 Å². The second-order valence-electron chi connectivity index (χ2n) is 9.76. The number of rotatable bonds is 10. The molecule has 0 bridgehead atoms. The number of amides is 2. The van der Waals surface area contributed by atoms with Gasteiger partial charge in [-0.15, -0.1) is 16.9 Å². The SMILES string of the molecule is COc1ccc(COC(=O)[C@H]2C(COn3nnc4ccccc43)=CS[C@@H]3[C@H](NC(=O)Cc4ccccc4)C(=O)N23)cc1. The third-order valence-corrected chi connectivity index (χ3v) is 8.25. The first-order valence-corrected chi connectivity index (χ1v) is 14.2. The fraction of sp³-hybridized carbons (Fsp3) is 0.233. The van der Waals surface area contributed by atoms with E-state index in [1.165, 1.54) is 21.5 Å². The van der Waals surface area contributed by atoms with Gasteiger partial charge in [-0.1, -0.05) is 59.4 Å². The summed E-state index contributed by atoms with van der Waals surface area (Å²) in [6.07, 6.45) is 0.149. The Morgan fingerprint density at radius 2 is 1.71 bits per heavy atom. The van der Waals surface area contributed by atoms with Gasteiger partial charge in [-0.25, -0.2) is 4.79 Å². The van der Waals surface area contributed by atoms with E-state index in [1.54, 1.807) is 36.8 Å². The lowest BCUT2D eigenvalue weighted by atomic mass is 9.98. The van der Waals surface area contributed by atoms with Gasteiger partial charge in [0.05, 0.1) is 13.5 Å². The standard InChI is InChI=1S/C30H27N5O6S/c1-39-22-13-11-20(12-14-22)16-40-30(38)27-21(17-41-35-24-10-6-5-9-23(24)32-33-35)18-42-29-26(28(37)34(27)29)31-25(36)15-19-7-3-2-4-8-19/h2-14,18,26-27,29H,15-17H2,1H3,(H,31,36)/t26-,27-,29-/m1/s1. The molecule has 11 nitrogen and oxygen atoms in total. The maximum Gasteiger partial charge on any atom is 0.333 e. The number of ether oxygens (including phenoxy) is 2. The van der Waals surface area contributed by atoms with Gasteiger partial charge < -0.3 is 24.5 Å². The Hall–Kier alpha value is -4.84. The summed E-state index contributed by atoms with van der Waals surface area (Å²) >= 11 is 1.34. The molecule has 3 aromatic carbocycles. The van der Waals surface area contributed by atoms with Crippen molar-refractivity contribution in [2.24, 2.45) is 0 Å². The van der Waals surface area contributed by atoms with Crippen LogP contribution in [0.4, 0.5) is 0 Å². The zero-order valence-electron chi connectivity index (χ0n) is 22.6. The first-order chi connectivity index (χ1) is 20.5. The van der Waals surface area contributed by atoms with Gasteiger partial charge in [-0.2, -0.15) is 0 Å². The van der Waals surface area contributed by atoms with Gasteiger partial charge >= 0.3 is 5.97 Å². The minimum Gasteiger partial charge on any atom is -0.497 e. The van der Waals surface area contributed by atoms with E-state index >= 15 is 0 Å². The number of para-hydroxylation sites is 1. The molecule has 214 valence electrons. The van der Waals surface area contributed by atoms with E-state index in [-0.39, 0.29) is 31.4 Å². The summed E-state index contributed by atoms with van der Waals surface area (Å²) < 4.78 is 10.9. The zero-order chi connectivity index (χ0) is 29.1. The summed E-state index contributed by atoms with van der Waals surface area (Å²) in [5.74, 6) is -0.546. The second-order valence-corrected chi connectivity index (χ2v) is 10.7. The van der Waals surface area contributed by atoms with E-state index in [2.05, 4.69) is 15.6 Å². The summed E-state index contributed by atoms with van der Waals surface area (Å²) in [5, 5.41) is 12.3. The molecule has 0 radical (unpaired) electrons. The number of carbonyl (C=O) groups excluding carboxylic acids is 3. The number of hydrogen-bond donors (Lipinski definition) is 1. The van der Waals surface area contributed by atoms with Crippen molar-refractivity contribution in [3.05, 3.63) is 101 Å². The molecule has 12 heteroatoms. The van der Waals surface area contributed by atoms with Crippen LogP contribution in [0.3, 0.4) is 0 Å². The summed E-state index contributed by atoms with van der Waals surface area (Å²) in [6, 6.07) is 22.0. The number of hydrogen-bond acceptors (Lipinski definition) is 9. The molecule has 2 amide bonds. The highest BCUT2D eigenvalue weighted by molar-refractivity contribution is 8.03. The lowest BCUT2D eigenvalue weighted by Crippen LogP contribution is -2.74. The van der Waals surface area contributed by atoms with Crippen LogP contribution in [0.5, 0.6) is 5.75 Å². The minimum atomic E-state index is -1.03. The molecule has 3 atom stereocenters. The van der Waals surface area contributed by atoms with Gasteiger partial charge in [0.25, 0.3) is 0 Å². The van der Waals surface area contributed by atoms with Crippen LogP contribution in [-0.2, 0) is 32.1 Å². The van der Waals surface area contributed by atoms with E-state index in [1.807, 2.05) is 54.6 Å². The average Bonchev–Trinajstić information content (AvgIpc) is 3.44. The van der Waals surface area contributed by atoms with Crippen LogP contribution in [0.2, 0.25) is 0 Å². The highest BCUT2D eigenvalue weighted by Gasteiger charge is 2.56. The fourth-order valence-electron chi connectivity index (χ4n) is 4.86. The van der Waals surface area contributed by atoms with Crippen LogP contribution in [0.25, 0.3) is 11.0 Å². The number of fused-ring (bicyclic) bond motifs is 2. The van der Waals surface area contributed by atoms with Crippen LogP contribution in [0, 0.1) is 0 Å². The van der Waals surface area contributed by atoms with Crippen LogP contribution in [0.1, 0.15) is 11.1 Å². The zero-order valence-corrected chi connectivity index (χ0v) is 23.4. The Bertz CT molecular complexity index is 1640. The first-order valence-electron chi connectivity index (χ1n) is 13.2. The van der Waals surface area contributed by atoms with Crippen LogP contribution in [-0.4, -0.2) is 69.0 Å². The highest BCUT2D eigenvalue weighted by atomic mass is 32.2. The van der Waals surface area contributed by atoms with Crippen molar-refractivity contribution in [2.75, 3.05) is 13.7 Å². The monoisotopic (exact) mass is 585 g/mol. The summed E-state index contributed by atoms with van der Waals surface area (Å²) in [5.41, 5.74) is 3.46. The number of benzene rings is 3. The summed E-state index contributed by atoms with van der Waals surface area (Å²) in [7, 11) is 1.58. The van der Waals surface area contributed by atoms with Crippen LogP contribution >= 0.6 is 11.8 Å². The van der Waals surface area contributed by atoms with Crippen molar-refractivity contribution in [1.82, 2.24) is 25.4 Å². The number of nitrogens with one attached hydrogen (secondary N) is 1. The molecular formula is C30H27N5O6S. The molecule has 0 unspecified atom stereocenters. The van der Waals surface area contributed by atoms with Gasteiger partial charge in [0, 0.05) is 5.57 Å². The molecule has 3 heterocycles. The predicted octanol–water partition coefficient (Wildman–Crippen LogP) is 2.51. The van der Waals surface area contributed by atoms with Crippen molar-refractivity contribution in [3.63, 3.8) is 0 Å². The van der Waals surface area contributed by atoms with Gasteiger partial charge in [0.2, 0.25) is 11.8 Å². The molecule has 6 rings (SSSR count). The number of thioether (sulfide) groups is 1. The molecule has 1 aromatic heterocycles. The van der Waals surface area contributed by atoms with E-state index in [4.69, 9.17) is 14.3 Å². The maximum absolute atomic E-state index is 13.5. The Morgan fingerprint density at radius 3 is 2.50 bits per heavy atom. The molecule has 0 aliphatic carbocycles. The lowest BCUT2D eigenvalue weighted by molar-refractivity contribution is -0.164. The van der Waals surface area contributed by atoms with Crippen molar-refractivity contribution >= 4 is 40.6 Å². The molecule has 1 fully saturated rings. The first kappa shape index (κ1) is 27.3. The number of carbonyl (C=O) groups is 3. The molecule has 2 aliphatic heterocycles. The van der Waals surface area contributed by atoms with E-state index in [9.17, 15) is 14.4 Å². The largest absolute Gasteiger partial charge is 0.497 e. The average molecular weight is 586 g/mol. The second kappa shape index (κ2) is 12.0. The number of esters is 1. The van der Waals surface area contributed by atoms with E-state index in [0.717, 1.165) is 11.1 Å². The smallest absolute Gasteiger partial charge is 0.333 e. The third-order valence-electron chi connectivity index (χ3n) is 7.03. The molecule has 0 spiro atoms. The van der Waals surface area contributed by atoms with Crippen LogP contribution in [0.15, 0.2) is 89.8 Å². The van der Waals surface area contributed by atoms with Gasteiger partial charge in [0.15, 0.2) is 6.04 Å². The van der Waals surface area contributed by atoms with Gasteiger partial charge in [0.1, 0.15) is 41.4 Å². The Balaban J connectivity index is 1.18. The highest BCUT2D eigenvalue weighted by Crippen LogP contribution is 2.40. The van der Waals surface area contributed by atoms with E-state index < -0.39 is 23.4 Å². The molecule has 2 aliphatic rings. The Morgan fingerprint density at radius 1 is 0.952 bits per heavy atom. The number of methoxy groups -OCH3 is 1. The molecule has 1 saturated heterocycles. The summed E-state index contributed by atoms with van der Waals surface area (Å²) in [4.78, 5) is 48.3. The number of nitrogens with zero attached hydrogens (tertiary/aromatic N) is 4. The minimum absolute atomic E-state index is 0.0122. The molecule has 4 aromatic rings. The van der Waals surface area contributed by atoms with Crippen molar-refractivity contribution in [1.29, 1.82) is 0 Å². The molecule has 0 saturated carbocycles. The fourth-order valence-corrected chi connectivity index (χ4v) is 6.06. The van der Waals surface area contributed by atoms with Crippen LogP contribution < -0.4 is 14.9 Å².